The summed E-state index contributed by atoms with van der Waals surface area (Å²) < 4.78 is 14.4. The molecule has 1 N–H and O–H groups in total. The standard InChI is InChI=1S/C17H17BrFNO/c1-3-16(12-6-4-11(2)5-7-12)20-17(21)14-9-8-13(18)10-15(14)19/h4-10,16H,3H2,1-2H3,(H,20,21). The van der Waals surface area contributed by atoms with E-state index in [1.807, 2.05) is 38.1 Å². The Morgan fingerprint density at radius 3 is 2.48 bits per heavy atom. The molecule has 0 heterocycles. The van der Waals surface area contributed by atoms with E-state index in [0.29, 0.717) is 4.47 Å². The van der Waals surface area contributed by atoms with Crippen LogP contribution in [0.5, 0.6) is 0 Å². The zero-order valence-corrected chi connectivity index (χ0v) is 13.6. The van der Waals surface area contributed by atoms with Gasteiger partial charge < -0.3 is 5.32 Å². The van der Waals surface area contributed by atoms with Gasteiger partial charge in [0.25, 0.3) is 5.91 Å². The molecule has 0 radical (unpaired) electrons. The van der Waals surface area contributed by atoms with Gasteiger partial charge in [0.15, 0.2) is 0 Å². The van der Waals surface area contributed by atoms with E-state index >= 15 is 0 Å². The molecule has 0 aliphatic carbocycles. The SMILES string of the molecule is CCC(NC(=O)c1ccc(Br)cc1F)c1ccc(C)cc1. The van der Waals surface area contributed by atoms with E-state index in [1.54, 1.807) is 6.07 Å². The maximum Gasteiger partial charge on any atom is 0.254 e. The third kappa shape index (κ3) is 3.91. The van der Waals surface area contributed by atoms with Crippen molar-refractivity contribution in [3.8, 4) is 0 Å². The van der Waals surface area contributed by atoms with E-state index in [9.17, 15) is 9.18 Å². The number of halogens is 2. The third-order valence-corrected chi connectivity index (χ3v) is 3.86. The molecule has 110 valence electrons. The lowest BCUT2D eigenvalue weighted by molar-refractivity contribution is 0.0931. The van der Waals surface area contributed by atoms with Gasteiger partial charge in [-0.3, -0.25) is 4.79 Å². The van der Waals surface area contributed by atoms with Gasteiger partial charge in [-0.1, -0.05) is 52.7 Å². The van der Waals surface area contributed by atoms with Crippen molar-refractivity contribution in [2.75, 3.05) is 0 Å². The van der Waals surface area contributed by atoms with Gasteiger partial charge in [-0.15, -0.1) is 0 Å². The smallest absolute Gasteiger partial charge is 0.254 e. The summed E-state index contributed by atoms with van der Waals surface area (Å²) in [5.74, 6) is -0.923. The molecule has 0 aliphatic rings. The Morgan fingerprint density at radius 1 is 1.24 bits per heavy atom. The summed E-state index contributed by atoms with van der Waals surface area (Å²) >= 11 is 3.18. The van der Waals surface area contributed by atoms with Crippen molar-refractivity contribution in [3.63, 3.8) is 0 Å². The number of hydrogen-bond donors (Lipinski definition) is 1. The second kappa shape index (κ2) is 6.85. The quantitative estimate of drug-likeness (QED) is 0.845. The number of rotatable bonds is 4. The number of amides is 1. The molecule has 0 saturated heterocycles. The fraction of sp³-hybridized carbons (Fsp3) is 0.235. The predicted octanol–water partition coefficient (Wildman–Crippen LogP) is 4.78. The minimum Gasteiger partial charge on any atom is -0.345 e. The first-order valence-electron chi connectivity index (χ1n) is 6.83. The molecular weight excluding hydrogens is 333 g/mol. The first kappa shape index (κ1) is 15.7. The highest BCUT2D eigenvalue weighted by Gasteiger charge is 2.17. The lowest BCUT2D eigenvalue weighted by atomic mass is 10.0. The minimum absolute atomic E-state index is 0.0590. The summed E-state index contributed by atoms with van der Waals surface area (Å²) in [4.78, 5) is 12.2. The monoisotopic (exact) mass is 349 g/mol. The van der Waals surface area contributed by atoms with Crippen LogP contribution in [-0.2, 0) is 0 Å². The van der Waals surface area contributed by atoms with E-state index in [4.69, 9.17) is 0 Å². The molecule has 1 amide bonds. The number of carbonyl (C=O) groups excluding carboxylic acids is 1. The number of carbonyl (C=O) groups is 1. The fourth-order valence-electron chi connectivity index (χ4n) is 2.13. The Labute approximate surface area is 132 Å². The van der Waals surface area contributed by atoms with Crippen LogP contribution in [0.2, 0.25) is 0 Å². The minimum atomic E-state index is -0.527. The van der Waals surface area contributed by atoms with Crippen LogP contribution in [-0.4, -0.2) is 5.91 Å². The lowest BCUT2D eigenvalue weighted by Gasteiger charge is -2.18. The Hall–Kier alpha value is -1.68. The van der Waals surface area contributed by atoms with Gasteiger partial charge in [0.2, 0.25) is 0 Å². The Morgan fingerprint density at radius 2 is 1.90 bits per heavy atom. The van der Waals surface area contributed by atoms with Gasteiger partial charge in [-0.2, -0.15) is 0 Å². The average Bonchev–Trinajstić information content (AvgIpc) is 2.45. The van der Waals surface area contributed by atoms with E-state index in [1.165, 1.54) is 17.7 Å². The summed E-state index contributed by atoms with van der Waals surface area (Å²) in [5.41, 5.74) is 2.25. The largest absolute Gasteiger partial charge is 0.345 e. The van der Waals surface area contributed by atoms with E-state index < -0.39 is 11.7 Å². The van der Waals surface area contributed by atoms with Crippen LogP contribution in [0.4, 0.5) is 4.39 Å². The Kier molecular flexibility index (Phi) is 5.12. The van der Waals surface area contributed by atoms with Crippen LogP contribution in [0.3, 0.4) is 0 Å². The molecule has 2 rings (SSSR count). The molecule has 0 fully saturated rings. The summed E-state index contributed by atoms with van der Waals surface area (Å²) in [6.45, 7) is 4.00. The highest BCUT2D eigenvalue weighted by atomic mass is 79.9. The number of hydrogen-bond acceptors (Lipinski definition) is 1. The van der Waals surface area contributed by atoms with Crippen molar-refractivity contribution in [3.05, 3.63) is 69.4 Å². The molecule has 2 nitrogen and oxygen atoms in total. The van der Waals surface area contributed by atoms with Crippen LogP contribution in [0.25, 0.3) is 0 Å². The van der Waals surface area contributed by atoms with Gasteiger partial charge in [-0.25, -0.2) is 4.39 Å². The van der Waals surface area contributed by atoms with Crippen LogP contribution in [0.1, 0.15) is 40.9 Å². The van der Waals surface area contributed by atoms with E-state index in [2.05, 4.69) is 21.2 Å². The van der Waals surface area contributed by atoms with Crippen molar-refractivity contribution in [1.82, 2.24) is 5.32 Å². The fourth-order valence-corrected chi connectivity index (χ4v) is 2.46. The van der Waals surface area contributed by atoms with Gasteiger partial charge >= 0.3 is 0 Å². The second-order valence-electron chi connectivity index (χ2n) is 4.97. The van der Waals surface area contributed by atoms with Crippen LogP contribution in [0.15, 0.2) is 46.9 Å². The van der Waals surface area contributed by atoms with Crippen molar-refractivity contribution < 1.29 is 9.18 Å². The summed E-state index contributed by atoms with van der Waals surface area (Å²) in [6.07, 6.45) is 0.743. The summed E-state index contributed by atoms with van der Waals surface area (Å²) in [5, 5.41) is 2.88. The molecule has 1 atom stereocenters. The van der Waals surface area contributed by atoms with E-state index in [-0.39, 0.29) is 11.6 Å². The highest BCUT2D eigenvalue weighted by Crippen LogP contribution is 2.20. The first-order chi connectivity index (χ1) is 10.0. The number of nitrogens with one attached hydrogen (secondary N) is 1. The van der Waals surface area contributed by atoms with Crippen molar-refractivity contribution in [2.45, 2.75) is 26.3 Å². The molecule has 2 aromatic rings. The predicted molar refractivity (Wildman–Crippen MR) is 85.8 cm³/mol. The van der Waals surface area contributed by atoms with Gasteiger partial charge in [0.1, 0.15) is 5.82 Å². The Balaban J connectivity index is 2.18. The molecule has 0 bridgehead atoms. The van der Waals surface area contributed by atoms with Crippen LogP contribution < -0.4 is 5.32 Å². The Bertz CT molecular complexity index is 640. The van der Waals surface area contributed by atoms with Gasteiger partial charge in [0, 0.05) is 4.47 Å². The molecule has 2 aromatic carbocycles. The number of aryl methyl sites for hydroxylation is 1. The normalized spacial score (nSPS) is 12.0. The second-order valence-corrected chi connectivity index (χ2v) is 5.88. The maximum absolute atomic E-state index is 13.8. The molecule has 4 heteroatoms. The molecule has 1 unspecified atom stereocenters. The molecule has 0 aromatic heterocycles. The molecular formula is C17H17BrFNO. The van der Waals surface area contributed by atoms with Gasteiger partial charge in [0.05, 0.1) is 11.6 Å². The van der Waals surface area contributed by atoms with Gasteiger partial charge in [-0.05, 0) is 37.1 Å². The van der Waals surface area contributed by atoms with Crippen molar-refractivity contribution >= 4 is 21.8 Å². The summed E-state index contributed by atoms with van der Waals surface area (Å²) in [6, 6.07) is 12.3. The highest BCUT2D eigenvalue weighted by molar-refractivity contribution is 9.10. The topological polar surface area (TPSA) is 29.1 Å². The molecule has 0 aliphatic heterocycles. The molecule has 0 spiro atoms. The summed E-state index contributed by atoms with van der Waals surface area (Å²) in [7, 11) is 0. The van der Waals surface area contributed by atoms with Crippen molar-refractivity contribution in [2.24, 2.45) is 0 Å². The lowest BCUT2D eigenvalue weighted by Crippen LogP contribution is -2.28. The van der Waals surface area contributed by atoms with Crippen LogP contribution in [0, 0.1) is 12.7 Å². The average molecular weight is 350 g/mol. The van der Waals surface area contributed by atoms with E-state index in [0.717, 1.165) is 12.0 Å². The third-order valence-electron chi connectivity index (χ3n) is 3.37. The first-order valence-corrected chi connectivity index (χ1v) is 7.63. The van der Waals surface area contributed by atoms with Crippen LogP contribution >= 0.6 is 15.9 Å². The van der Waals surface area contributed by atoms with Crippen molar-refractivity contribution in [1.29, 1.82) is 0 Å². The molecule has 0 saturated carbocycles. The zero-order chi connectivity index (χ0) is 15.4. The number of benzene rings is 2. The zero-order valence-electron chi connectivity index (χ0n) is 12.0. The molecule has 21 heavy (non-hydrogen) atoms. The maximum atomic E-state index is 13.8.